The first kappa shape index (κ1) is 16.7. The minimum absolute atomic E-state index is 0. The van der Waals surface area contributed by atoms with Gasteiger partial charge in [-0.3, -0.25) is 4.98 Å². The molecule has 2 heterocycles. The molecule has 30 heavy (non-hydrogen) atoms. The van der Waals surface area contributed by atoms with Gasteiger partial charge in [0.2, 0.25) is 0 Å². The number of benzene rings is 3. The van der Waals surface area contributed by atoms with Crippen LogP contribution in [0.25, 0.3) is 17.1 Å². The van der Waals surface area contributed by atoms with Crippen LogP contribution in [-0.4, -0.2) is 26.8 Å². The Morgan fingerprint density at radius 1 is 0.967 bits per heavy atom. The fourth-order valence-corrected chi connectivity index (χ4v) is 3.41. The summed E-state index contributed by atoms with van der Waals surface area (Å²) < 4.78 is 25.2. The zero-order valence-corrected chi connectivity index (χ0v) is 18.2. The average molecular weight is 580 g/mol. The molecule has 3 aromatic carbocycles. The van der Waals surface area contributed by atoms with Crippen molar-refractivity contribution in [2.24, 2.45) is 0 Å². The molecule has 0 amide bonds. The first-order valence-corrected chi connectivity index (χ1v) is 9.10. The van der Waals surface area contributed by atoms with Crippen LogP contribution < -0.4 is 9.80 Å². The summed E-state index contributed by atoms with van der Waals surface area (Å²) in [4.78, 5) is 7.61. The maximum atomic E-state index is 10.2. The van der Waals surface area contributed by atoms with Gasteiger partial charge in [-0.05, 0) is 38.2 Å². The van der Waals surface area contributed by atoms with E-state index in [1.165, 1.54) is 4.90 Å². The molecular formula is C23H19N5OPt. The molecule has 5 rings (SSSR count). The van der Waals surface area contributed by atoms with Crippen molar-refractivity contribution in [2.45, 2.75) is 6.92 Å². The van der Waals surface area contributed by atoms with Crippen LogP contribution in [0.5, 0.6) is 5.75 Å². The van der Waals surface area contributed by atoms with Crippen LogP contribution in [0.15, 0.2) is 66.7 Å². The molecule has 1 aliphatic rings. The fourth-order valence-electron chi connectivity index (χ4n) is 3.41. The predicted molar refractivity (Wildman–Crippen MR) is 113 cm³/mol. The number of aromatic hydroxyl groups is 1. The molecule has 0 bridgehead atoms. The summed E-state index contributed by atoms with van der Waals surface area (Å²) in [7, 11) is 0. The molecule has 0 radical (unpaired) electrons. The monoisotopic (exact) mass is 579 g/mol. The number of anilines is 3. The van der Waals surface area contributed by atoms with Gasteiger partial charge in [0.1, 0.15) is 17.3 Å². The number of rotatable bonds is 3. The van der Waals surface area contributed by atoms with Gasteiger partial charge in [0.05, 0.1) is 5.82 Å². The number of aryl methyl sites for hydroxylation is 1. The Bertz CT molecular complexity index is 1310. The summed E-state index contributed by atoms with van der Waals surface area (Å²) in [5.41, 5.74) is 3.20. The minimum Gasteiger partial charge on any atom is -0.506 e. The Labute approximate surface area is 193 Å². The second kappa shape index (κ2) is 7.96. The van der Waals surface area contributed by atoms with E-state index < -0.39 is 6.98 Å². The third-order valence-electron chi connectivity index (χ3n) is 4.79. The molecule has 1 aromatic heterocycles. The van der Waals surface area contributed by atoms with Crippen LogP contribution in [0.4, 0.5) is 17.1 Å². The number of aromatic nitrogens is 3. The van der Waals surface area contributed by atoms with Crippen molar-refractivity contribution >= 4 is 17.1 Å². The van der Waals surface area contributed by atoms with Crippen molar-refractivity contribution in [3.05, 3.63) is 85.3 Å². The third kappa shape index (κ3) is 3.37. The molecule has 0 unspecified atom stereocenters. The van der Waals surface area contributed by atoms with Gasteiger partial charge in [-0.25, -0.2) is 4.68 Å². The Morgan fingerprint density at radius 2 is 1.70 bits per heavy atom. The van der Waals surface area contributed by atoms with E-state index in [1.807, 2.05) is 49.4 Å². The largest absolute Gasteiger partial charge is 2.00 e. The van der Waals surface area contributed by atoms with Crippen molar-refractivity contribution in [3.8, 4) is 22.8 Å². The second-order valence-corrected chi connectivity index (χ2v) is 6.68. The molecule has 0 atom stereocenters. The van der Waals surface area contributed by atoms with Crippen molar-refractivity contribution < 1.29 is 30.3 Å². The normalized spacial score (nSPS) is 14.5. The van der Waals surface area contributed by atoms with Crippen molar-refractivity contribution in [2.75, 3.05) is 16.8 Å². The van der Waals surface area contributed by atoms with Crippen LogP contribution in [0.3, 0.4) is 0 Å². The molecule has 6 nitrogen and oxygen atoms in total. The zero-order valence-electron chi connectivity index (χ0n) is 18.9. The molecule has 1 N–H and O–H groups in total. The molecular weight excluding hydrogens is 557 g/mol. The molecule has 4 aromatic rings. The van der Waals surface area contributed by atoms with Gasteiger partial charge in [-0.15, -0.1) is 29.8 Å². The van der Waals surface area contributed by atoms with Gasteiger partial charge in [-0.2, -0.15) is 11.8 Å². The summed E-state index contributed by atoms with van der Waals surface area (Å²) in [6, 6.07) is 23.1. The fraction of sp³-hybridized carbons (Fsp3) is 0.0870. The molecule has 152 valence electrons. The topological polar surface area (TPSA) is 57.4 Å². The van der Waals surface area contributed by atoms with Crippen LogP contribution >= 0.6 is 0 Å². The Morgan fingerprint density at radius 3 is 2.47 bits per heavy atom. The number of hydrogen-bond donors (Lipinski definition) is 1. The van der Waals surface area contributed by atoms with Crippen molar-refractivity contribution in [1.82, 2.24) is 14.8 Å². The third-order valence-corrected chi connectivity index (χ3v) is 4.79. The first-order chi connectivity index (χ1) is 15.3. The van der Waals surface area contributed by atoms with Gasteiger partial charge in [0, 0.05) is 15.5 Å². The molecule has 7 heteroatoms. The van der Waals surface area contributed by atoms with Gasteiger partial charge in [-0.1, -0.05) is 30.0 Å². The molecule has 0 fully saturated rings. The van der Waals surface area contributed by atoms with Gasteiger partial charge in [0.15, 0.2) is 0 Å². The van der Waals surface area contributed by atoms with Crippen molar-refractivity contribution in [3.63, 3.8) is 0 Å². The van der Waals surface area contributed by atoms with E-state index in [1.54, 1.807) is 40.5 Å². The Balaban J connectivity index is 0.00000259. The summed E-state index contributed by atoms with van der Waals surface area (Å²) >= 11 is 0. The summed E-state index contributed by atoms with van der Waals surface area (Å²) in [5, 5.41) is 14.7. The number of phenolic OH excluding ortho intramolecular Hbond substituents is 1. The van der Waals surface area contributed by atoms with E-state index >= 15 is 0 Å². The number of para-hydroxylation sites is 4. The molecule has 1 aliphatic heterocycles. The van der Waals surface area contributed by atoms with Crippen molar-refractivity contribution in [1.29, 1.82) is 0 Å². The minimum atomic E-state index is -2.31. The standard InChI is InChI=1S/C23H19N5O.Pt/c1-16-24-23(25-28(16)21-12-5-6-13-22(21)29)17-8-7-9-18(14-17)27-15-26(2)19-10-3-4-11-20(19)27;/h3-13,15,29H,1-2H3;/q-2;+2/i2D3;. The maximum absolute atomic E-state index is 10.2. The van der Waals surface area contributed by atoms with Crippen LogP contribution in [0.2, 0.25) is 0 Å². The van der Waals surface area contributed by atoms with E-state index in [0.29, 0.717) is 34.3 Å². The quantitative estimate of drug-likeness (QED) is 0.364. The van der Waals surface area contributed by atoms with E-state index in [2.05, 4.69) is 16.1 Å². The van der Waals surface area contributed by atoms with E-state index in [0.717, 1.165) is 5.69 Å². The predicted octanol–water partition coefficient (Wildman–Crippen LogP) is 4.45. The number of hydrogen-bond acceptors (Lipinski definition) is 5. The number of fused-ring (bicyclic) bond motifs is 1. The Hall–Kier alpha value is -3.11. The second-order valence-electron chi connectivity index (χ2n) is 6.68. The first-order valence-electron chi connectivity index (χ1n) is 10.6. The summed E-state index contributed by atoms with van der Waals surface area (Å²) in [6.07, 6.45) is 0. The van der Waals surface area contributed by atoms with E-state index in [4.69, 9.17) is 4.11 Å². The summed E-state index contributed by atoms with van der Waals surface area (Å²) in [6.45, 7) is 1.07. The maximum Gasteiger partial charge on any atom is 2.00 e. The number of nitrogens with zero attached hydrogens (tertiary/aromatic N) is 5. The van der Waals surface area contributed by atoms with Crippen LogP contribution in [-0.2, 0) is 21.1 Å². The Kier molecular flexibility index (Phi) is 4.42. The van der Waals surface area contributed by atoms with Gasteiger partial charge >= 0.3 is 21.1 Å². The van der Waals surface area contributed by atoms with Crippen LogP contribution in [0, 0.1) is 19.7 Å². The van der Waals surface area contributed by atoms with Gasteiger partial charge < -0.3 is 14.9 Å². The van der Waals surface area contributed by atoms with Crippen LogP contribution in [0.1, 0.15) is 9.94 Å². The molecule has 0 saturated heterocycles. The summed E-state index contributed by atoms with van der Waals surface area (Å²) in [5.74, 6) is 1.18. The van der Waals surface area contributed by atoms with E-state index in [-0.39, 0.29) is 26.8 Å². The zero-order chi connectivity index (χ0) is 22.5. The molecule has 0 saturated carbocycles. The molecule has 0 aliphatic carbocycles. The average Bonchev–Trinajstić information content (AvgIpc) is 3.35. The number of phenols is 1. The molecule has 0 spiro atoms. The smallest absolute Gasteiger partial charge is 0.506 e. The van der Waals surface area contributed by atoms with E-state index in [9.17, 15) is 5.11 Å². The van der Waals surface area contributed by atoms with Gasteiger partial charge in [0.25, 0.3) is 0 Å². The SMILES string of the molecule is [2H]C([2H])([2H])N1[CH-]N(c2[c-]c(-c3nc(C)n(-c4ccccc4O)n3)ccc2)c2ccccc21.[Pt+2].